The van der Waals surface area contributed by atoms with Crippen molar-refractivity contribution in [3.63, 3.8) is 0 Å². The van der Waals surface area contributed by atoms with Crippen molar-refractivity contribution in [2.75, 3.05) is 30.4 Å². The van der Waals surface area contributed by atoms with Crippen LogP contribution >= 0.6 is 23.5 Å². The molecule has 0 bridgehead atoms. The highest BCUT2D eigenvalue weighted by Gasteiger charge is 2.35. The highest BCUT2D eigenvalue weighted by molar-refractivity contribution is 8.06. The molecule has 0 unspecified atom stereocenters. The maximum absolute atomic E-state index is 12.1. The molecular formula is C16H29NO2S2. The number of hydrogen-bond donors (Lipinski definition) is 1. The first kappa shape index (κ1) is 17.5. The molecule has 2 aliphatic heterocycles. The normalized spacial score (nSPS) is 30.9. The lowest BCUT2D eigenvalue weighted by atomic mass is 9.78. The summed E-state index contributed by atoms with van der Waals surface area (Å²) in [6.45, 7) is 8.32. The van der Waals surface area contributed by atoms with Gasteiger partial charge in [0.1, 0.15) is 0 Å². The quantitative estimate of drug-likeness (QED) is 0.859. The van der Waals surface area contributed by atoms with Gasteiger partial charge in [-0.05, 0) is 18.3 Å². The Balaban J connectivity index is 1.76. The molecule has 2 rings (SSSR count). The van der Waals surface area contributed by atoms with Crippen molar-refractivity contribution < 1.29 is 9.53 Å². The number of rotatable bonds is 4. The van der Waals surface area contributed by atoms with Gasteiger partial charge in [0.05, 0.1) is 6.10 Å². The maximum atomic E-state index is 12.1. The summed E-state index contributed by atoms with van der Waals surface area (Å²) < 4.78 is 5.98. The Bertz CT molecular complexity index is 338. The second kappa shape index (κ2) is 8.11. The van der Waals surface area contributed by atoms with E-state index < -0.39 is 0 Å². The topological polar surface area (TPSA) is 38.3 Å². The summed E-state index contributed by atoms with van der Waals surface area (Å²) >= 11 is 3.93. The zero-order chi connectivity index (χ0) is 15.3. The van der Waals surface area contributed by atoms with Crippen LogP contribution in [0.3, 0.4) is 0 Å². The van der Waals surface area contributed by atoms with Crippen molar-refractivity contribution in [1.82, 2.24) is 5.32 Å². The SMILES string of the molecule is CC(C)(C)[C@@H]1OCCC[C@H]1CNC(=O)C[C@H]1CSCCS1. The third kappa shape index (κ3) is 5.68. The lowest BCUT2D eigenvalue weighted by Crippen LogP contribution is -2.45. The van der Waals surface area contributed by atoms with E-state index in [4.69, 9.17) is 4.74 Å². The lowest BCUT2D eigenvalue weighted by molar-refractivity contribution is -0.122. The van der Waals surface area contributed by atoms with Gasteiger partial charge in [0.2, 0.25) is 5.91 Å². The molecule has 0 radical (unpaired) electrons. The van der Waals surface area contributed by atoms with E-state index in [-0.39, 0.29) is 17.4 Å². The Hall–Kier alpha value is 0.130. The van der Waals surface area contributed by atoms with Crippen molar-refractivity contribution in [2.45, 2.75) is 51.4 Å². The molecule has 0 aromatic carbocycles. The Morgan fingerprint density at radius 3 is 2.81 bits per heavy atom. The van der Waals surface area contributed by atoms with Crippen LogP contribution in [0.1, 0.15) is 40.0 Å². The molecule has 0 aromatic rings. The summed E-state index contributed by atoms with van der Waals surface area (Å²) in [5.74, 6) is 4.21. The van der Waals surface area contributed by atoms with Crippen LogP contribution in [-0.4, -0.2) is 47.7 Å². The second-order valence-corrected chi connectivity index (χ2v) is 9.69. The first-order valence-corrected chi connectivity index (χ1v) is 10.2. The molecule has 21 heavy (non-hydrogen) atoms. The summed E-state index contributed by atoms with van der Waals surface area (Å²) in [5.41, 5.74) is 0.145. The van der Waals surface area contributed by atoms with Gasteiger partial charge in [-0.25, -0.2) is 0 Å². The van der Waals surface area contributed by atoms with Gasteiger partial charge in [0.25, 0.3) is 0 Å². The molecule has 122 valence electrons. The second-order valence-electron chi connectivity index (χ2n) is 7.14. The molecule has 2 fully saturated rings. The van der Waals surface area contributed by atoms with E-state index in [2.05, 4.69) is 26.1 Å². The van der Waals surface area contributed by atoms with Crippen molar-refractivity contribution in [1.29, 1.82) is 0 Å². The van der Waals surface area contributed by atoms with E-state index in [0.717, 1.165) is 31.7 Å². The number of thioether (sulfide) groups is 2. The Morgan fingerprint density at radius 1 is 1.33 bits per heavy atom. The van der Waals surface area contributed by atoms with Gasteiger partial charge >= 0.3 is 0 Å². The predicted octanol–water partition coefficient (Wildman–Crippen LogP) is 3.18. The van der Waals surface area contributed by atoms with Crippen LogP contribution in [0, 0.1) is 11.3 Å². The number of amides is 1. The van der Waals surface area contributed by atoms with Crippen LogP contribution in [0.4, 0.5) is 0 Å². The van der Waals surface area contributed by atoms with Gasteiger partial charge in [-0.1, -0.05) is 20.8 Å². The van der Waals surface area contributed by atoms with E-state index in [9.17, 15) is 4.79 Å². The molecule has 0 aromatic heterocycles. The summed E-state index contributed by atoms with van der Waals surface area (Å²) in [7, 11) is 0. The molecule has 0 spiro atoms. The number of ether oxygens (including phenoxy) is 1. The van der Waals surface area contributed by atoms with E-state index in [1.165, 1.54) is 11.5 Å². The van der Waals surface area contributed by atoms with Crippen LogP contribution in [0.15, 0.2) is 0 Å². The van der Waals surface area contributed by atoms with Crippen molar-refractivity contribution in [3.05, 3.63) is 0 Å². The Labute approximate surface area is 137 Å². The van der Waals surface area contributed by atoms with Gasteiger partial charge in [0.15, 0.2) is 0 Å². The summed E-state index contributed by atoms with van der Waals surface area (Å²) in [6, 6.07) is 0. The lowest BCUT2D eigenvalue weighted by Gasteiger charge is -2.40. The minimum Gasteiger partial charge on any atom is -0.377 e. The monoisotopic (exact) mass is 331 g/mol. The average molecular weight is 332 g/mol. The highest BCUT2D eigenvalue weighted by Crippen LogP contribution is 2.33. The third-order valence-electron chi connectivity index (χ3n) is 4.16. The summed E-state index contributed by atoms with van der Waals surface area (Å²) in [6.07, 6.45) is 3.20. The van der Waals surface area contributed by atoms with Crippen LogP contribution in [0.25, 0.3) is 0 Å². The molecule has 1 amide bonds. The third-order valence-corrected chi connectivity index (χ3v) is 7.00. The van der Waals surface area contributed by atoms with Gasteiger partial charge in [-0.2, -0.15) is 23.5 Å². The highest BCUT2D eigenvalue weighted by atomic mass is 32.2. The molecule has 3 nitrogen and oxygen atoms in total. The maximum Gasteiger partial charge on any atom is 0.221 e. The minimum atomic E-state index is 0.145. The average Bonchev–Trinajstić information content (AvgIpc) is 2.45. The molecular weight excluding hydrogens is 302 g/mol. The molecule has 0 aliphatic carbocycles. The smallest absolute Gasteiger partial charge is 0.221 e. The van der Waals surface area contributed by atoms with Gasteiger partial charge in [-0.3, -0.25) is 4.79 Å². The fraction of sp³-hybridized carbons (Fsp3) is 0.938. The largest absolute Gasteiger partial charge is 0.377 e. The fourth-order valence-corrected chi connectivity index (χ4v) is 5.87. The number of nitrogens with one attached hydrogen (secondary N) is 1. The van der Waals surface area contributed by atoms with Gasteiger partial charge in [0, 0.05) is 48.0 Å². The van der Waals surface area contributed by atoms with Crippen LogP contribution in [0.2, 0.25) is 0 Å². The standard InChI is InChI=1S/C16H29NO2S2/c1-16(2,3)15-12(5-4-6-19-15)10-17-14(18)9-13-11-20-7-8-21-13/h12-13,15H,4-11H2,1-3H3,(H,17,18)/t12-,13-,15+/m0/s1. The molecule has 5 heteroatoms. The van der Waals surface area contributed by atoms with E-state index >= 15 is 0 Å². The zero-order valence-corrected chi connectivity index (χ0v) is 15.2. The number of carbonyl (C=O) groups is 1. The first-order valence-electron chi connectivity index (χ1n) is 8.04. The molecule has 2 aliphatic rings. The van der Waals surface area contributed by atoms with Crippen LogP contribution < -0.4 is 5.32 Å². The minimum absolute atomic E-state index is 0.145. The Morgan fingerprint density at radius 2 is 2.14 bits per heavy atom. The molecule has 2 heterocycles. The zero-order valence-electron chi connectivity index (χ0n) is 13.5. The summed E-state index contributed by atoms with van der Waals surface area (Å²) in [4.78, 5) is 12.1. The molecule has 1 N–H and O–H groups in total. The molecule has 0 saturated carbocycles. The van der Waals surface area contributed by atoms with Crippen molar-refractivity contribution in [3.8, 4) is 0 Å². The van der Waals surface area contributed by atoms with Crippen molar-refractivity contribution >= 4 is 29.4 Å². The molecule has 2 saturated heterocycles. The summed E-state index contributed by atoms with van der Waals surface area (Å²) in [5, 5.41) is 3.66. The van der Waals surface area contributed by atoms with Crippen molar-refractivity contribution in [2.24, 2.45) is 11.3 Å². The fourth-order valence-electron chi connectivity index (χ4n) is 3.19. The number of hydrogen-bond acceptors (Lipinski definition) is 4. The first-order chi connectivity index (χ1) is 9.97. The molecule has 3 atom stereocenters. The number of carbonyl (C=O) groups excluding carboxylic acids is 1. The van der Waals surface area contributed by atoms with E-state index in [0.29, 0.717) is 17.6 Å². The Kier molecular flexibility index (Phi) is 6.76. The van der Waals surface area contributed by atoms with Crippen LogP contribution in [0.5, 0.6) is 0 Å². The van der Waals surface area contributed by atoms with E-state index in [1.807, 2.05) is 23.5 Å². The van der Waals surface area contributed by atoms with Gasteiger partial charge < -0.3 is 10.1 Å². The van der Waals surface area contributed by atoms with Crippen LogP contribution in [-0.2, 0) is 9.53 Å². The predicted molar refractivity (Wildman–Crippen MR) is 93.1 cm³/mol. The van der Waals surface area contributed by atoms with Gasteiger partial charge in [-0.15, -0.1) is 0 Å². The van der Waals surface area contributed by atoms with E-state index in [1.54, 1.807) is 0 Å².